The number of nitrogens with one attached hydrogen (secondary N) is 1. The first-order valence-electron chi connectivity index (χ1n) is 12.2. The van der Waals surface area contributed by atoms with Gasteiger partial charge in [-0.1, -0.05) is 0 Å². The van der Waals surface area contributed by atoms with E-state index >= 15 is 0 Å². The quantitative estimate of drug-likeness (QED) is 0.550. The Bertz CT molecular complexity index is 1290. The van der Waals surface area contributed by atoms with Crippen molar-refractivity contribution in [3.05, 3.63) is 45.8 Å². The van der Waals surface area contributed by atoms with Crippen LogP contribution >= 0.6 is 11.3 Å². The Morgan fingerprint density at radius 2 is 1.78 bits per heavy atom. The molecule has 10 nitrogen and oxygen atoms in total. The molecule has 2 amide bonds. The van der Waals surface area contributed by atoms with Crippen LogP contribution in [0.15, 0.2) is 29.2 Å². The van der Waals surface area contributed by atoms with Crippen molar-refractivity contribution >= 4 is 44.1 Å². The monoisotopic (exact) mass is 549 g/mol. The third kappa shape index (κ3) is 5.71. The highest BCUT2D eigenvalue weighted by Crippen LogP contribution is 2.38. The number of morpholine rings is 1. The van der Waals surface area contributed by atoms with Crippen molar-refractivity contribution in [2.24, 2.45) is 0 Å². The van der Waals surface area contributed by atoms with E-state index in [9.17, 15) is 22.8 Å². The van der Waals surface area contributed by atoms with Crippen LogP contribution in [-0.4, -0.2) is 73.9 Å². The van der Waals surface area contributed by atoms with Gasteiger partial charge in [0.25, 0.3) is 5.91 Å². The predicted octanol–water partition coefficient (Wildman–Crippen LogP) is 2.88. The van der Waals surface area contributed by atoms with Crippen molar-refractivity contribution in [1.29, 1.82) is 0 Å². The van der Waals surface area contributed by atoms with Gasteiger partial charge in [0.1, 0.15) is 5.00 Å². The fourth-order valence-electron chi connectivity index (χ4n) is 4.61. The molecule has 0 bridgehead atoms. The van der Waals surface area contributed by atoms with Gasteiger partial charge in [0.15, 0.2) is 0 Å². The van der Waals surface area contributed by atoms with Gasteiger partial charge in [-0.05, 0) is 57.0 Å². The maximum atomic E-state index is 13.1. The van der Waals surface area contributed by atoms with E-state index in [-0.39, 0.29) is 48.3 Å². The van der Waals surface area contributed by atoms with Gasteiger partial charge in [0.05, 0.1) is 35.8 Å². The first-order chi connectivity index (χ1) is 17.5. The molecule has 1 N–H and O–H groups in total. The molecule has 1 saturated heterocycles. The number of sulfonamides is 1. The maximum Gasteiger partial charge on any atom is 0.341 e. The molecule has 2 atom stereocenters. The molecular formula is C25H31N3O7S2. The molecule has 1 aromatic carbocycles. The molecule has 200 valence electrons. The number of fused-ring (bicyclic) bond motifs is 1. The van der Waals surface area contributed by atoms with Gasteiger partial charge in [0, 0.05) is 37.0 Å². The average molecular weight is 550 g/mol. The first-order valence-corrected chi connectivity index (χ1v) is 14.4. The Hall–Kier alpha value is -2.80. The standard InChI is InChI=1S/C25H31N3O7S2/c1-5-34-25(31)22-20-10-11-27(17(4)29)14-21(20)36-24(22)26-23(30)18-6-8-19(9-7-18)37(32,33)28-12-15(2)35-16(3)13-28/h6-9,15-16H,5,10-14H2,1-4H3,(H,26,30). The van der Waals surface area contributed by atoms with Crippen molar-refractivity contribution in [3.8, 4) is 0 Å². The van der Waals surface area contributed by atoms with Crippen LogP contribution in [0.5, 0.6) is 0 Å². The molecule has 37 heavy (non-hydrogen) atoms. The summed E-state index contributed by atoms with van der Waals surface area (Å²) in [5, 5.41) is 3.15. The van der Waals surface area contributed by atoms with Gasteiger partial charge in [-0.2, -0.15) is 4.31 Å². The van der Waals surface area contributed by atoms with E-state index in [2.05, 4.69) is 5.32 Å². The third-order valence-electron chi connectivity index (χ3n) is 6.35. The van der Waals surface area contributed by atoms with Gasteiger partial charge in [-0.15, -0.1) is 11.3 Å². The van der Waals surface area contributed by atoms with E-state index in [0.717, 1.165) is 10.4 Å². The van der Waals surface area contributed by atoms with Crippen LogP contribution in [0.4, 0.5) is 5.00 Å². The number of hydrogen-bond donors (Lipinski definition) is 1. The predicted molar refractivity (Wildman–Crippen MR) is 138 cm³/mol. The maximum absolute atomic E-state index is 13.1. The number of anilines is 1. The lowest BCUT2D eigenvalue weighted by Crippen LogP contribution is -2.48. The number of hydrogen-bond acceptors (Lipinski definition) is 8. The minimum atomic E-state index is -3.74. The zero-order valence-electron chi connectivity index (χ0n) is 21.3. The topological polar surface area (TPSA) is 122 Å². The highest BCUT2D eigenvalue weighted by Gasteiger charge is 2.33. The summed E-state index contributed by atoms with van der Waals surface area (Å²) in [7, 11) is -3.74. The van der Waals surface area contributed by atoms with Crippen LogP contribution in [0, 0.1) is 0 Å². The molecule has 4 rings (SSSR count). The third-order valence-corrected chi connectivity index (χ3v) is 9.33. The summed E-state index contributed by atoms with van der Waals surface area (Å²) in [5.74, 6) is -1.06. The fourth-order valence-corrected chi connectivity index (χ4v) is 7.45. The molecular weight excluding hydrogens is 518 g/mol. The molecule has 1 aromatic heterocycles. The number of esters is 1. The summed E-state index contributed by atoms with van der Waals surface area (Å²) in [6, 6.07) is 5.71. The number of carbonyl (C=O) groups is 3. The summed E-state index contributed by atoms with van der Waals surface area (Å²) in [6.07, 6.45) is 0.0634. The highest BCUT2D eigenvalue weighted by atomic mass is 32.2. The SMILES string of the molecule is CCOC(=O)c1c(NC(=O)c2ccc(S(=O)(=O)N3CC(C)OC(C)C3)cc2)sc2c1CCN(C(C)=O)C2. The van der Waals surface area contributed by atoms with E-state index in [4.69, 9.17) is 9.47 Å². The molecule has 2 unspecified atom stereocenters. The Morgan fingerprint density at radius 1 is 1.14 bits per heavy atom. The zero-order chi connectivity index (χ0) is 26.9. The molecule has 0 radical (unpaired) electrons. The van der Waals surface area contributed by atoms with Crippen LogP contribution in [0.2, 0.25) is 0 Å². The second-order valence-corrected chi connectivity index (χ2v) is 12.2. The summed E-state index contributed by atoms with van der Waals surface area (Å²) in [6.45, 7) is 8.42. The van der Waals surface area contributed by atoms with E-state index in [1.807, 2.05) is 13.8 Å². The van der Waals surface area contributed by atoms with Gasteiger partial charge in [0.2, 0.25) is 15.9 Å². The van der Waals surface area contributed by atoms with Crippen LogP contribution in [0.1, 0.15) is 58.9 Å². The van der Waals surface area contributed by atoms with Gasteiger partial charge in [-0.25, -0.2) is 13.2 Å². The number of nitrogens with zero attached hydrogens (tertiary/aromatic N) is 2. The lowest BCUT2D eigenvalue weighted by molar-refractivity contribution is -0.129. The smallest absolute Gasteiger partial charge is 0.341 e. The van der Waals surface area contributed by atoms with Crippen LogP contribution in [0.25, 0.3) is 0 Å². The number of benzene rings is 1. The lowest BCUT2D eigenvalue weighted by atomic mass is 10.0. The lowest BCUT2D eigenvalue weighted by Gasteiger charge is -2.34. The van der Waals surface area contributed by atoms with Crippen LogP contribution in [-0.2, 0) is 37.3 Å². The fraction of sp³-hybridized carbons (Fsp3) is 0.480. The van der Waals surface area contributed by atoms with E-state index in [1.54, 1.807) is 11.8 Å². The van der Waals surface area contributed by atoms with Crippen LogP contribution in [0.3, 0.4) is 0 Å². The summed E-state index contributed by atoms with van der Waals surface area (Å²) in [5.41, 5.74) is 1.34. The summed E-state index contributed by atoms with van der Waals surface area (Å²) in [4.78, 5) is 40.3. The van der Waals surface area contributed by atoms with Gasteiger partial charge >= 0.3 is 5.97 Å². The minimum absolute atomic E-state index is 0.0571. The van der Waals surface area contributed by atoms with Crippen molar-refractivity contribution in [3.63, 3.8) is 0 Å². The van der Waals surface area contributed by atoms with Crippen LogP contribution < -0.4 is 5.32 Å². The highest BCUT2D eigenvalue weighted by molar-refractivity contribution is 7.89. The molecule has 0 spiro atoms. The second-order valence-electron chi connectivity index (χ2n) is 9.18. The normalized spacial score (nSPS) is 20.3. The van der Waals surface area contributed by atoms with Crippen molar-refractivity contribution in [1.82, 2.24) is 9.21 Å². The number of carbonyl (C=O) groups excluding carboxylic acids is 3. The summed E-state index contributed by atoms with van der Waals surface area (Å²) >= 11 is 1.25. The molecule has 0 aliphatic carbocycles. The molecule has 0 saturated carbocycles. The zero-order valence-corrected chi connectivity index (χ0v) is 22.9. The Kier molecular flexibility index (Phi) is 8.02. The molecule has 1 fully saturated rings. The molecule has 3 heterocycles. The summed E-state index contributed by atoms with van der Waals surface area (Å²) < 4.78 is 38.5. The Balaban J connectivity index is 1.56. The average Bonchev–Trinajstić information content (AvgIpc) is 3.20. The number of amides is 2. The second kappa shape index (κ2) is 10.9. The number of thiophene rings is 1. The number of ether oxygens (including phenoxy) is 2. The molecule has 2 aromatic rings. The van der Waals surface area contributed by atoms with Gasteiger partial charge in [-0.3, -0.25) is 9.59 Å². The van der Waals surface area contributed by atoms with Crippen molar-refractivity contribution in [2.75, 3.05) is 31.6 Å². The van der Waals surface area contributed by atoms with Gasteiger partial charge < -0.3 is 19.7 Å². The Morgan fingerprint density at radius 3 is 2.38 bits per heavy atom. The van der Waals surface area contributed by atoms with E-state index in [1.165, 1.54) is 46.8 Å². The van der Waals surface area contributed by atoms with Crippen molar-refractivity contribution < 1.29 is 32.3 Å². The molecule has 12 heteroatoms. The first kappa shape index (κ1) is 27.2. The Labute approximate surface area is 220 Å². The number of rotatable bonds is 6. The molecule has 2 aliphatic rings. The van der Waals surface area contributed by atoms with E-state index < -0.39 is 21.9 Å². The molecule has 2 aliphatic heterocycles. The minimum Gasteiger partial charge on any atom is -0.462 e. The van der Waals surface area contributed by atoms with E-state index in [0.29, 0.717) is 30.1 Å². The largest absolute Gasteiger partial charge is 0.462 e. The van der Waals surface area contributed by atoms with Crippen molar-refractivity contribution in [2.45, 2.75) is 57.8 Å².